The maximum Gasteiger partial charge on any atom is 0.272 e. The Morgan fingerprint density at radius 2 is 1.37 bits per heavy atom. The summed E-state index contributed by atoms with van der Waals surface area (Å²) < 4.78 is 0. The van der Waals surface area contributed by atoms with Crippen LogP contribution < -0.4 is 16.0 Å². The van der Waals surface area contributed by atoms with Gasteiger partial charge in [0.25, 0.3) is 11.8 Å². The molecule has 0 aliphatic rings. The average Bonchev–Trinajstić information content (AvgIpc) is 3.05. The van der Waals surface area contributed by atoms with Crippen molar-refractivity contribution in [3.8, 4) is 0 Å². The van der Waals surface area contributed by atoms with Gasteiger partial charge in [0.2, 0.25) is 5.91 Å². The Bertz CT molecular complexity index is 1710. The van der Waals surface area contributed by atoms with Gasteiger partial charge < -0.3 is 16.0 Å². The first-order valence-electron chi connectivity index (χ1n) is 13.5. The maximum absolute atomic E-state index is 13.5. The third-order valence-electron chi connectivity index (χ3n) is 6.24. The molecular weight excluding hydrogens is 556 g/mol. The summed E-state index contributed by atoms with van der Waals surface area (Å²) in [6.45, 7) is 0. The number of pyridine rings is 1. The smallest absolute Gasteiger partial charge is 0.272 e. The first kappa shape index (κ1) is 29.0. The van der Waals surface area contributed by atoms with E-state index in [0.717, 1.165) is 16.0 Å². The van der Waals surface area contributed by atoms with Gasteiger partial charge in [0.15, 0.2) is 0 Å². The Morgan fingerprint density at radius 1 is 0.698 bits per heavy atom. The van der Waals surface area contributed by atoms with Crippen molar-refractivity contribution in [2.45, 2.75) is 10.1 Å². The molecule has 212 valence electrons. The highest BCUT2D eigenvalue weighted by molar-refractivity contribution is 8.00. The molecule has 3 N–H and O–H groups in total. The molecule has 43 heavy (non-hydrogen) atoms. The predicted molar refractivity (Wildman–Crippen MR) is 171 cm³/mol. The molecule has 4 aromatic carbocycles. The first-order chi connectivity index (χ1) is 21.0. The topological polar surface area (TPSA) is 100 Å². The van der Waals surface area contributed by atoms with Crippen LogP contribution in [-0.4, -0.2) is 22.7 Å². The van der Waals surface area contributed by atoms with Crippen molar-refractivity contribution in [1.82, 2.24) is 10.3 Å². The number of rotatable bonds is 10. The highest BCUT2D eigenvalue weighted by Crippen LogP contribution is 2.37. The second-order valence-corrected chi connectivity index (χ2v) is 10.6. The summed E-state index contributed by atoms with van der Waals surface area (Å²) in [6, 6.07) is 40.0. The Hall–Kier alpha value is -5.47. The molecule has 0 bridgehead atoms. The lowest BCUT2D eigenvalue weighted by atomic mass is 10.1. The van der Waals surface area contributed by atoms with Gasteiger partial charge in [-0.3, -0.25) is 14.4 Å². The molecule has 5 aromatic rings. The van der Waals surface area contributed by atoms with Crippen molar-refractivity contribution in [2.75, 3.05) is 10.6 Å². The SMILES string of the molecule is O=C(Nc1cccc(SC(C(=O)Nc2ccccn2)c2ccccc2)c1)/C(=C/c1ccccc1)NC(=O)c1ccccc1. The third-order valence-corrected chi connectivity index (χ3v) is 7.49. The van der Waals surface area contributed by atoms with Crippen LogP contribution in [-0.2, 0) is 9.59 Å². The van der Waals surface area contributed by atoms with Crippen molar-refractivity contribution >= 4 is 47.1 Å². The molecule has 0 aliphatic carbocycles. The predicted octanol–water partition coefficient (Wildman–Crippen LogP) is 6.96. The number of thioether (sulfide) groups is 1. The summed E-state index contributed by atoms with van der Waals surface area (Å²) in [6.07, 6.45) is 3.25. The van der Waals surface area contributed by atoms with Gasteiger partial charge in [0.05, 0.1) is 0 Å². The molecule has 0 spiro atoms. The van der Waals surface area contributed by atoms with Gasteiger partial charge in [-0.25, -0.2) is 4.98 Å². The molecule has 3 amide bonds. The second kappa shape index (κ2) is 14.4. The van der Waals surface area contributed by atoms with Crippen molar-refractivity contribution in [2.24, 2.45) is 0 Å². The van der Waals surface area contributed by atoms with Crippen LogP contribution in [0.3, 0.4) is 0 Å². The largest absolute Gasteiger partial charge is 0.321 e. The van der Waals surface area contributed by atoms with E-state index in [1.807, 2.05) is 78.9 Å². The quantitative estimate of drug-likeness (QED) is 0.122. The molecule has 0 fully saturated rings. The number of hydrogen-bond acceptors (Lipinski definition) is 5. The van der Waals surface area contributed by atoms with Crippen molar-refractivity contribution in [3.05, 3.63) is 162 Å². The molecule has 1 atom stereocenters. The molecule has 0 saturated heterocycles. The highest BCUT2D eigenvalue weighted by atomic mass is 32.2. The van der Waals surface area contributed by atoms with E-state index >= 15 is 0 Å². The minimum absolute atomic E-state index is 0.0926. The van der Waals surface area contributed by atoms with E-state index in [9.17, 15) is 14.4 Å². The van der Waals surface area contributed by atoms with E-state index in [1.165, 1.54) is 11.8 Å². The number of carbonyl (C=O) groups is 3. The minimum atomic E-state index is -0.576. The summed E-state index contributed by atoms with van der Waals surface area (Å²) >= 11 is 1.35. The van der Waals surface area contributed by atoms with Gasteiger partial charge >= 0.3 is 0 Å². The monoisotopic (exact) mass is 584 g/mol. The van der Waals surface area contributed by atoms with Crippen molar-refractivity contribution in [3.63, 3.8) is 0 Å². The van der Waals surface area contributed by atoms with Crippen molar-refractivity contribution < 1.29 is 14.4 Å². The summed E-state index contributed by atoms with van der Waals surface area (Å²) in [4.78, 5) is 44.8. The molecule has 7 nitrogen and oxygen atoms in total. The molecule has 0 aliphatic heterocycles. The Kier molecular flexibility index (Phi) is 9.74. The number of nitrogens with zero attached hydrogens (tertiary/aromatic N) is 1. The summed E-state index contributed by atoms with van der Waals surface area (Å²) in [5, 5.41) is 7.96. The minimum Gasteiger partial charge on any atom is -0.321 e. The average molecular weight is 585 g/mol. The molecule has 0 saturated carbocycles. The van der Waals surface area contributed by atoms with Crippen LogP contribution in [0.1, 0.15) is 26.7 Å². The highest BCUT2D eigenvalue weighted by Gasteiger charge is 2.23. The number of nitrogens with one attached hydrogen (secondary N) is 3. The van der Waals surface area contributed by atoms with Gasteiger partial charge in [-0.2, -0.15) is 0 Å². The molecule has 1 heterocycles. The van der Waals surface area contributed by atoms with Crippen LogP contribution in [0.5, 0.6) is 0 Å². The Morgan fingerprint density at radius 3 is 2.07 bits per heavy atom. The third kappa shape index (κ3) is 8.28. The van der Waals surface area contributed by atoms with Crippen molar-refractivity contribution in [1.29, 1.82) is 0 Å². The zero-order valence-electron chi connectivity index (χ0n) is 23.0. The normalized spacial score (nSPS) is 11.7. The number of amides is 3. The molecule has 5 rings (SSSR count). The molecule has 0 radical (unpaired) electrons. The van der Waals surface area contributed by atoms with Crippen LogP contribution in [0.2, 0.25) is 0 Å². The van der Waals surface area contributed by atoms with E-state index in [0.29, 0.717) is 17.1 Å². The summed E-state index contributed by atoms with van der Waals surface area (Å²) in [5.74, 6) is -0.638. The molecular formula is C35H28N4O3S. The van der Waals surface area contributed by atoms with E-state index in [1.54, 1.807) is 66.9 Å². The lowest BCUT2D eigenvalue weighted by Gasteiger charge is -2.17. The van der Waals surface area contributed by atoms with Gasteiger partial charge in [0.1, 0.15) is 16.8 Å². The number of anilines is 2. The summed E-state index contributed by atoms with van der Waals surface area (Å²) in [5.41, 5.74) is 2.63. The molecule has 1 aromatic heterocycles. The fourth-order valence-electron chi connectivity index (χ4n) is 4.17. The van der Waals surface area contributed by atoms with E-state index in [4.69, 9.17) is 0 Å². The second-order valence-electron chi connectivity index (χ2n) is 9.38. The number of carbonyl (C=O) groups excluding carboxylic acids is 3. The van der Waals surface area contributed by atoms with Gasteiger partial charge in [-0.15, -0.1) is 11.8 Å². The lowest BCUT2D eigenvalue weighted by Crippen LogP contribution is -2.30. The number of hydrogen-bond donors (Lipinski definition) is 3. The number of aromatic nitrogens is 1. The molecule has 8 heteroatoms. The number of benzene rings is 4. The standard InChI is InChI=1S/C35H28N4O3S/c40-33(27-17-8-3-9-18-27)38-30(23-25-13-4-1-5-14-25)34(41)37-28-19-12-20-29(24-28)43-32(26-15-6-2-7-16-26)35(42)39-31-21-10-11-22-36-31/h1-24,32H,(H,37,41)(H,38,40)(H,36,39,42)/b30-23-. The fourth-order valence-corrected chi connectivity index (χ4v) is 5.25. The maximum atomic E-state index is 13.5. The van der Waals surface area contributed by atoms with Gasteiger partial charge in [-0.05, 0) is 59.7 Å². The van der Waals surface area contributed by atoms with Crippen LogP contribution in [0.15, 0.2) is 150 Å². The zero-order chi connectivity index (χ0) is 29.9. The van der Waals surface area contributed by atoms with Crippen LogP contribution in [0.25, 0.3) is 6.08 Å². The zero-order valence-corrected chi connectivity index (χ0v) is 23.8. The van der Waals surface area contributed by atoms with E-state index < -0.39 is 17.1 Å². The van der Waals surface area contributed by atoms with Gasteiger partial charge in [-0.1, -0.05) is 91.0 Å². The Balaban J connectivity index is 1.36. The fraction of sp³-hybridized carbons (Fsp3) is 0.0286. The molecule has 1 unspecified atom stereocenters. The van der Waals surface area contributed by atoms with Crippen LogP contribution in [0, 0.1) is 0 Å². The van der Waals surface area contributed by atoms with E-state index in [2.05, 4.69) is 20.9 Å². The van der Waals surface area contributed by atoms with E-state index in [-0.39, 0.29) is 11.6 Å². The Labute approximate surface area is 254 Å². The first-order valence-corrected chi connectivity index (χ1v) is 14.4. The van der Waals surface area contributed by atoms with Crippen LogP contribution >= 0.6 is 11.8 Å². The lowest BCUT2D eigenvalue weighted by molar-refractivity contribution is -0.116. The summed E-state index contributed by atoms with van der Waals surface area (Å²) in [7, 11) is 0. The van der Waals surface area contributed by atoms with Gasteiger partial charge in [0, 0.05) is 22.3 Å². The van der Waals surface area contributed by atoms with Crippen LogP contribution in [0.4, 0.5) is 11.5 Å².